The molecule has 0 aromatic heterocycles. The molecule has 1 rings (SSSR count). The van der Waals surface area contributed by atoms with Crippen LogP contribution in [0, 0.1) is 0 Å². The van der Waals surface area contributed by atoms with Gasteiger partial charge in [-0.25, -0.2) is 0 Å². The van der Waals surface area contributed by atoms with Crippen LogP contribution in [0.5, 0.6) is 0 Å². The zero-order valence-corrected chi connectivity index (χ0v) is 20.3. The van der Waals surface area contributed by atoms with Gasteiger partial charge in [0.15, 0.2) is 5.78 Å². The normalized spacial score (nSPS) is 11.0. The van der Waals surface area contributed by atoms with Gasteiger partial charge in [-0.2, -0.15) is 0 Å². The van der Waals surface area contributed by atoms with Crippen molar-refractivity contribution in [2.24, 2.45) is 0 Å². The quantitative estimate of drug-likeness (QED) is 0.118. The molecule has 0 heterocycles. The molecule has 0 saturated heterocycles. The third-order valence-corrected chi connectivity index (χ3v) is 6.40. The number of Topliss-reactive ketones (excluding diaryl/α,β-unsaturated/α-hetero) is 2. The zero-order chi connectivity index (χ0) is 22.0. The van der Waals surface area contributed by atoms with Gasteiger partial charge in [-0.1, -0.05) is 120 Å². The van der Waals surface area contributed by atoms with E-state index in [4.69, 9.17) is 23.2 Å². The number of rotatable bonds is 19. The smallest absolute Gasteiger partial charge is 0.170 e. The lowest BCUT2D eigenvalue weighted by Crippen LogP contribution is -2.08. The molecule has 0 fully saturated rings. The summed E-state index contributed by atoms with van der Waals surface area (Å²) in [4.78, 5) is 24.2. The molecule has 0 N–H and O–H groups in total. The first-order valence-electron chi connectivity index (χ1n) is 12.0. The highest BCUT2D eigenvalue weighted by Crippen LogP contribution is 2.23. The van der Waals surface area contributed by atoms with Gasteiger partial charge >= 0.3 is 0 Å². The highest BCUT2D eigenvalue weighted by Gasteiger charge is 2.13. The number of carbonyl (C=O) groups is 2. The number of hydrogen-bond donors (Lipinski definition) is 0. The molecule has 0 atom stereocenters. The van der Waals surface area contributed by atoms with Gasteiger partial charge in [0.05, 0.1) is 16.5 Å². The maximum atomic E-state index is 12.2. The standard InChI is InChI=1S/C26H40Cl2O2/c1-2-3-4-5-6-7-8-9-10-11-12-13-14-15-16-17-23(29)21-26(30)22-18-19-24(27)25(28)20-22/h18-20H,2-17,21H2,1H3. The molecule has 0 saturated carbocycles. The number of benzene rings is 1. The lowest BCUT2D eigenvalue weighted by molar-refractivity contribution is -0.118. The zero-order valence-electron chi connectivity index (χ0n) is 18.8. The fourth-order valence-electron chi connectivity index (χ4n) is 3.73. The van der Waals surface area contributed by atoms with Crippen molar-refractivity contribution < 1.29 is 9.59 Å². The summed E-state index contributed by atoms with van der Waals surface area (Å²) < 4.78 is 0. The summed E-state index contributed by atoms with van der Waals surface area (Å²) in [5, 5.41) is 0.759. The van der Waals surface area contributed by atoms with Crippen LogP contribution in [0.4, 0.5) is 0 Å². The molecule has 1 aromatic rings. The van der Waals surface area contributed by atoms with Crippen LogP contribution >= 0.6 is 23.2 Å². The molecule has 0 unspecified atom stereocenters. The molecule has 1 aromatic carbocycles. The Labute approximate surface area is 194 Å². The fraction of sp³-hybridized carbons (Fsp3) is 0.692. The average Bonchev–Trinajstić information content (AvgIpc) is 2.72. The summed E-state index contributed by atoms with van der Waals surface area (Å²) in [6.07, 6.45) is 20.0. The van der Waals surface area contributed by atoms with Crippen molar-refractivity contribution >= 4 is 34.8 Å². The van der Waals surface area contributed by atoms with E-state index in [1.54, 1.807) is 12.1 Å². The largest absolute Gasteiger partial charge is 0.299 e. The molecule has 0 bridgehead atoms. The molecular weight excluding hydrogens is 415 g/mol. The Hall–Kier alpha value is -0.860. The molecule has 30 heavy (non-hydrogen) atoms. The third-order valence-electron chi connectivity index (χ3n) is 5.66. The first kappa shape index (κ1) is 27.2. The Kier molecular flexibility index (Phi) is 16.1. The van der Waals surface area contributed by atoms with E-state index in [1.165, 1.54) is 89.5 Å². The number of unbranched alkanes of at least 4 members (excludes halogenated alkanes) is 14. The number of ketones is 2. The Morgan fingerprint density at radius 1 is 0.667 bits per heavy atom. The molecule has 4 heteroatoms. The first-order chi connectivity index (χ1) is 14.5. The van der Waals surface area contributed by atoms with Crippen LogP contribution in [-0.2, 0) is 4.79 Å². The van der Waals surface area contributed by atoms with Crippen LogP contribution in [0.2, 0.25) is 10.0 Å². The van der Waals surface area contributed by atoms with E-state index in [-0.39, 0.29) is 18.0 Å². The highest BCUT2D eigenvalue weighted by atomic mass is 35.5. The number of hydrogen-bond acceptors (Lipinski definition) is 2. The Bertz CT molecular complexity index is 613. The van der Waals surface area contributed by atoms with Gasteiger partial charge in [0.2, 0.25) is 0 Å². The van der Waals surface area contributed by atoms with Gasteiger partial charge in [-0.3, -0.25) is 9.59 Å². The SMILES string of the molecule is CCCCCCCCCCCCCCCCCC(=O)CC(=O)c1ccc(Cl)c(Cl)c1. The summed E-state index contributed by atoms with van der Waals surface area (Å²) in [6, 6.07) is 4.75. The molecule has 0 aliphatic rings. The van der Waals surface area contributed by atoms with Crippen LogP contribution < -0.4 is 0 Å². The maximum Gasteiger partial charge on any atom is 0.170 e. The van der Waals surface area contributed by atoms with E-state index < -0.39 is 0 Å². The third kappa shape index (κ3) is 13.4. The van der Waals surface area contributed by atoms with E-state index in [1.807, 2.05) is 0 Å². The van der Waals surface area contributed by atoms with E-state index in [0.29, 0.717) is 22.0 Å². The van der Waals surface area contributed by atoms with Gasteiger partial charge < -0.3 is 0 Å². The molecular formula is C26H40Cl2O2. The lowest BCUT2D eigenvalue weighted by Gasteiger charge is -2.04. The molecule has 2 nitrogen and oxygen atoms in total. The van der Waals surface area contributed by atoms with Crippen molar-refractivity contribution in [3.8, 4) is 0 Å². The molecule has 0 amide bonds. The van der Waals surface area contributed by atoms with Crippen LogP contribution in [0.25, 0.3) is 0 Å². The summed E-state index contributed by atoms with van der Waals surface area (Å²) in [7, 11) is 0. The minimum absolute atomic E-state index is 0.0146. The van der Waals surface area contributed by atoms with Crippen LogP contribution in [0.3, 0.4) is 0 Å². The summed E-state index contributed by atoms with van der Waals surface area (Å²) >= 11 is 11.8. The van der Waals surface area contributed by atoms with E-state index in [9.17, 15) is 9.59 Å². The second kappa shape index (κ2) is 17.8. The van der Waals surface area contributed by atoms with E-state index >= 15 is 0 Å². The predicted molar refractivity (Wildman–Crippen MR) is 130 cm³/mol. The number of halogens is 2. The second-order valence-electron chi connectivity index (χ2n) is 8.47. The summed E-state index contributed by atoms with van der Waals surface area (Å²) in [5.74, 6) is -0.166. The van der Waals surface area contributed by atoms with Crippen molar-refractivity contribution in [2.75, 3.05) is 0 Å². The first-order valence-corrected chi connectivity index (χ1v) is 12.8. The highest BCUT2D eigenvalue weighted by molar-refractivity contribution is 6.42. The lowest BCUT2D eigenvalue weighted by atomic mass is 10.0. The van der Waals surface area contributed by atoms with Crippen molar-refractivity contribution in [2.45, 2.75) is 116 Å². The molecule has 0 aliphatic carbocycles. The van der Waals surface area contributed by atoms with Crippen molar-refractivity contribution in [3.05, 3.63) is 33.8 Å². The Morgan fingerprint density at radius 3 is 1.60 bits per heavy atom. The van der Waals surface area contributed by atoms with Gasteiger partial charge in [0.1, 0.15) is 5.78 Å². The topological polar surface area (TPSA) is 34.1 Å². The monoisotopic (exact) mass is 454 g/mol. The average molecular weight is 456 g/mol. The van der Waals surface area contributed by atoms with Gasteiger partial charge in [0, 0.05) is 12.0 Å². The maximum absolute atomic E-state index is 12.2. The molecule has 0 aliphatic heterocycles. The fourth-order valence-corrected chi connectivity index (χ4v) is 4.03. The molecule has 0 spiro atoms. The van der Waals surface area contributed by atoms with Gasteiger partial charge in [-0.05, 0) is 24.6 Å². The van der Waals surface area contributed by atoms with E-state index in [0.717, 1.165) is 12.8 Å². The minimum Gasteiger partial charge on any atom is -0.299 e. The summed E-state index contributed by atoms with van der Waals surface area (Å²) in [6.45, 7) is 2.27. The molecule has 0 radical (unpaired) electrons. The second-order valence-corrected chi connectivity index (χ2v) is 9.28. The van der Waals surface area contributed by atoms with Crippen LogP contribution in [-0.4, -0.2) is 11.6 Å². The minimum atomic E-state index is -0.181. The Morgan fingerprint density at radius 2 is 1.13 bits per heavy atom. The predicted octanol–water partition coefficient (Wildman–Crippen LogP) is 9.40. The van der Waals surface area contributed by atoms with Crippen LogP contribution in [0.15, 0.2) is 18.2 Å². The van der Waals surface area contributed by atoms with Gasteiger partial charge in [-0.15, -0.1) is 0 Å². The Balaban J connectivity index is 1.92. The van der Waals surface area contributed by atoms with Crippen molar-refractivity contribution in [1.29, 1.82) is 0 Å². The molecule has 170 valence electrons. The van der Waals surface area contributed by atoms with E-state index in [2.05, 4.69) is 6.92 Å². The summed E-state index contributed by atoms with van der Waals surface area (Å²) in [5.41, 5.74) is 0.453. The van der Waals surface area contributed by atoms with Crippen LogP contribution in [0.1, 0.15) is 126 Å². The number of carbonyl (C=O) groups excluding carboxylic acids is 2. The van der Waals surface area contributed by atoms with Crippen molar-refractivity contribution in [1.82, 2.24) is 0 Å². The van der Waals surface area contributed by atoms with Gasteiger partial charge in [0.25, 0.3) is 0 Å². The van der Waals surface area contributed by atoms with Crippen molar-refractivity contribution in [3.63, 3.8) is 0 Å².